The van der Waals surface area contributed by atoms with Crippen molar-refractivity contribution in [2.75, 3.05) is 18.4 Å². The molecule has 1 aromatic rings. The predicted octanol–water partition coefficient (Wildman–Crippen LogP) is 4.00. The number of benzene rings is 1. The van der Waals surface area contributed by atoms with Crippen LogP contribution < -0.4 is 5.32 Å². The molecule has 2 amide bonds. The van der Waals surface area contributed by atoms with Crippen molar-refractivity contribution in [3.05, 3.63) is 29.8 Å². The summed E-state index contributed by atoms with van der Waals surface area (Å²) in [6, 6.07) is 7.64. The van der Waals surface area contributed by atoms with Gasteiger partial charge in [0.25, 0.3) is 0 Å². The number of carbonyl (C=O) groups is 1. The number of rotatable bonds is 3. The summed E-state index contributed by atoms with van der Waals surface area (Å²) in [5, 5.41) is 2.97. The molecule has 0 radical (unpaired) electrons. The second-order valence-corrected chi connectivity index (χ2v) is 9.61. The van der Waals surface area contributed by atoms with Gasteiger partial charge >= 0.3 is 6.03 Å². The minimum Gasteiger partial charge on any atom is -0.325 e. The Balaban J connectivity index is 1.97. The summed E-state index contributed by atoms with van der Waals surface area (Å²) in [7, 11) is -0.941. The molecule has 1 fully saturated rings. The predicted molar refractivity (Wildman–Crippen MR) is 97.0 cm³/mol. The van der Waals surface area contributed by atoms with E-state index in [0.29, 0.717) is 11.7 Å². The molecule has 0 saturated carbocycles. The van der Waals surface area contributed by atoms with Crippen LogP contribution in [0.2, 0.25) is 0 Å². The highest BCUT2D eigenvalue weighted by molar-refractivity contribution is 7.85. The first-order valence-electron chi connectivity index (χ1n) is 8.29. The molecule has 1 aromatic carbocycles. The van der Waals surface area contributed by atoms with Gasteiger partial charge < -0.3 is 10.2 Å². The van der Waals surface area contributed by atoms with Crippen molar-refractivity contribution in [2.24, 2.45) is 5.92 Å². The number of anilines is 1. The molecule has 5 heteroatoms. The van der Waals surface area contributed by atoms with E-state index in [4.69, 9.17) is 0 Å². The second kappa shape index (κ2) is 7.47. The van der Waals surface area contributed by atoms with Crippen LogP contribution in [0, 0.1) is 5.92 Å². The number of urea groups is 1. The Morgan fingerprint density at radius 2 is 1.96 bits per heavy atom. The molecule has 4 nitrogen and oxygen atoms in total. The summed E-state index contributed by atoms with van der Waals surface area (Å²) in [5.41, 5.74) is 1.76. The lowest BCUT2D eigenvalue weighted by Gasteiger charge is -2.30. The smallest absolute Gasteiger partial charge is 0.321 e. The zero-order valence-corrected chi connectivity index (χ0v) is 15.4. The molecule has 1 heterocycles. The lowest BCUT2D eigenvalue weighted by molar-refractivity contribution is 0.186. The zero-order valence-electron chi connectivity index (χ0n) is 14.6. The molecule has 2 rings (SSSR count). The molecule has 0 aromatic heterocycles. The SMILES string of the molecule is CC1CCN(C(=O)Nc2cccc(C[S@@](=O)C(C)(C)C)c2)CC1. The molecular weight excluding hydrogens is 308 g/mol. The average Bonchev–Trinajstić information content (AvgIpc) is 2.47. The maximum atomic E-state index is 12.3. The largest absolute Gasteiger partial charge is 0.325 e. The third-order valence-electron chi connectivity index (χ3n) is 4.23. The summed E-state index contributed by atoms with van der Waals surface area (Å²) in [4.78, 5) is 14.2. The summed E-state index contributed by atoms with van der Waals surface area (Å²) in [6.07, 6.45) is 2.13. The van der Waals surface area contributed by atoms with E-state index in [9.17, 15) is 9.00 Å². The Labute approximate surface area is 142 Å². The van der Waals surface area contributed by atoms with Gasteiger partial charge in [-0.2, -0.15) is 0 Å². The highest BCUT2D eigenvalue weighted by Crippen LogP contribution is 2.20. The van der Waals surface area contributed by atoms with Crippen molar-refractivity contribution in [3.63, 3.8) is 0 Å². The van der Waals surface area contributed by atoms with Crippen molar-refractivity contribution in [2.45, 2.75) is 51.0 Å². The fourth-order valence-electron chi connectivity index (χ4n) is 2.52. The Hall–Kier alpha value is -1.36. The van der Waals surface area contributed by atoms with Crippen LogP contribution in [0.15, 0.2) is 24.3 Å². The fraction of sp³-hybridized carbons (Fsp3) is 0.611. The van der Waals surface area contributed by atoms with E-state index in [0.717, 1.165) is 37.2 Å². The summed E-state index contributed by atoms with van der Waals surface area (Å²) >= 11 is 0. The minimum absolute atomic E-state index is 0.0361. The van der Waals surface area contributed by atoms with Gasteiger partial charge in [0.15, 0.2) is 0 Å². The van der Waals surface area contributed by atoms with Gasteiger partial charge in [0.05, 0.1) is 0 Å². The second-order valence-electron chi connectivity index (χ2n) is 7.40. The number of amides is 2. The monoisotopic (exact) mass is 336 g/mol. The van der Waals surface area contributed by atoms with Gasteiger partial charge in [-0.1, -0.05) is 19.1 Å². The van der Waals surface area contributed by atoms with Crippen LogP contribution in [-0.2, 0) is 16.6 Å². The molecule has 1 aliphatic heterocycles. The number of piperidine rings is 1. The number of likely N-dealkylation sites (tertiary alicyclic amines) is 1. The van der Waals surface area contributed by atoms with Gasteiger partial charge in [0.1, 0.15) is 0 Å². The lowest BCUT2D eigenvalue weighted by Crippen LogP contribution is -2.40. The average molecular weight is 337 g/mol. The van der Waals surface area contributed by atoms with Gasteiger partial charge in [-0.05, 0) is 57.2 Å². The molecule has 1 aliphatic rings. The van der Waals surface area contributed by atoms with E-state index in [1.54, 1.807) is 0 Å². The van der Waals surface area contributed by atoms with Crippen LogP contribution in [-0.4, -0.2) is 33.0 Å². The maximum Gasteiger partial charge on any atom is 0.321 e. The molecule has 0 aliphatic carbocycles. The van der Waals surface area contributed by atoms with Crippen LogP contribution >= 0.6 is 0 Å². The Kier molecular flexibility index (Phi) is 5.84. The Bertz CT molecular complexity index is 573. The van der Waals surface area contributed by atoms with Crippen LogP contribution in [0.5, 0.6) is 0 Å². The van der Waals surface area contributed by atoms with Crippen LogP contribution in [0.4, 0.5) is 10.5 Å². The molecule has 1 saturated heterocycles. The third-order valence-corrected chi connectivity index (χ3v) is 6.19. The number of carbonyl (C=O) groups excluding carboxylic acids is 1. The molecule has 0 bridgehead atoms. The molecule has 23 heavy (non-hydrogen) atoms. The number of nitrogens with zero attached hydrogens (tertiary/aromatic N) is 1. The van der Waals surface area contributed by atoms with E-state index in [2.05, 4.69) is 12.2 Å². The molecule has 1 atom stereocenters. The summed E-state index contributed by atoms with van der Waals surface area (Å²) in [5.74, 6) is 1.21. The van der Waals surface area contributed by atoms with E-state index in [1.165, 1.54) is 0 Å². The number of hydrogen-bond donors (Lipinski definition) is 1. The van der Waals surface area contributed by atoms with Crippen molar-refractivity contribution in [1.29, 1.82) is 0 Å². The van der Waals surface area contributed by atoms with Gasteiger partial charge in [-0.25, -0.2) is 4.79 Å². The highest BCUT2D eigenvalue weighted by atomic mass is 32.2. The molecule has 128 valence electrons. The van der Waals surface area contributed by atoms with Gasteiger partial charge in [0.2, 0.25) is 0 Å². The third kappa shape index (κ3) is 5.34. The highest BCUT2D eigenvalue weighted by Gasteiger charge is 2.21. The van der Waals surface area contributed by atoms with E-state index in [-0.39, 0.29) is 10.8 Å². The van der Waals surface area contributed by atoms with E-state index < -0.39 is 10.8 Å². The summed E-state index contributed by atoms with van der Waals surface area (Å²) < 4.78 is 12.0. The minimum atomic E-state index is -0.941. The first-order valence-corrected chi connectivity index (χ1v) is 9.61. The van der Waals surface area contributed by atoms with E-state index >= 15 is 0 Å². The van der Waals surface area contributed by atoms with Crippen LogP contribution in [0.1, 0.15) is 46.1 Å². The molecular formula is C18H28N2O2S. The molecule has 1 N–H and O–H groups in total. The van der Waals surface area contributed by atoms with Crippen molar-refractivity contribution in [1.82, 2.24) is 4.90 Å². The van der Waals surface area contributed by atoms with E-state index in [1.807, 2.05) is 49.9 Å². The van der Waals surface area contributed by atoms with Crippen molar-refractivity contribution >= 4 is 22.5 Å². The molecule has 0 unspecified atom stereocenters. The van der Waals surface area contributed by atoms with Crippen molar-refractivity contribution < 1.29 is 9.00 Å². The van der Waals surface area contributed by atoms with Gasteiger partial charge in [0, 0.05) is 40.1 Å². The first kappa shape index (κ1) is 18.0. The quantitative estimate of drug-likeness (QED) is 0.907. The number of nitrogens with one attached hydrogen (secondary N) is 1. The Morgan fingerprint density at radius 1 is 1.30 bits per heavy atom. The first-order chi connectivity index (χ1) is 10.8. The standard InChI is InChI=1S/C18H28N2O2S/c1-14-8-10-20(11-9-14)17(21)19-16-7-5-6-15(12-16)13-23(22)18(2,3)4/h5-7,12,14H,8-11,13H2,1-4H3,(H,19,21)/t23-/m1/s1. The lowest BCUT2D eigenvalue weighted by atomic mass is 10.00. The van der Waals surface area contributed by atoms with Crippen LogP contribution in [0.3, 0.4) is 0 Å². The fourth-order valence-corrected chi connectivity index (χ4v) is 3.44. The van der Waals surface area contributed by atoms with Gasteiger partial charge in [-0.3, -0.25) is 4.21 Å². The zero-order chi connectivity index (χ0) is 17.0. The van der Waals surface area contributed by atoms with Crippen LogP contribution in [0.25, 0.3) is 0 Å². The normalized spacial score (nSPS) is 17.8. The maximum absolute atomic E-state index is 12.3. The summed E-state index contributed by atoms with van der Waals surface area (Å²) in [6.45, 7) is 9.81. The van der Waals surface area contributed by atoms with Gasteiger partial charge in [-0.15, -0.1) is 0 Å². The van der Waals surface area contributed by atoms with Crippen molar-refractivity contribution in [3.8, 4) is 0 Å². The number of hydrogen-bond acceptors (Lipinski definition) is 2. The topological polar surface area (TPSA) is 49.4 Å². The molecule has 0 spiro atoms. The Morgan fingerprint density at radius 3 is 2.57 bits per heavy atom.